The van der Waals surface area contributed by atoms with E-state index in [1.165, 1.54) is 25.1 Å². The van der Waals surface area contributed by atoms with Gasteiger partial charge in [0.15, 0.2) is 0 Å². The van der Waals surface area contributed by atoms with E-state index < -0.39 is 20.9 Å². The topological polar surface area (TPSA) is 106 Å². The van der Waals surface area contributed by atoms with Crippen LogP contribution in [0.3, 0.4) is 0 Å². The molecule has 0 aliphatic carbocycles. The summed E-state index contributed by atoms with van der Waals surface area (Å²) in [4.78, 5) is 21.6. The van der Waals surface area contributed by atoms with Crippen molar-refractivity contribution in [1.82, 2.24) is 4.72 Å². The maximum absolute atomic E-state index is 12.3. The summed E-state index contributed by atoms with van der Waals surface area (Å²) >= 11 is 5.82. The average molecular weight is 381 g/mol. The SMILES string of the molecule is Cc1ccc([N+](=O)[O-])cc1S(=O)(=O)NC(=O)/C=C/c1cccc(Cl)c1. The Bertz CT molecular complexity index is 970. The maximum atomic E-state index is 12.3. The Hall–Kier alpha value is -2.71. The van der Waals surface area contributed by atoms with Gasteiger partial charge in [0.25, 0.3) is 21.6 Å². The first-order valence-corrected chi connectivity index (χ1v) is 8.80. The third-order valence-electron chi connectivity index (χ3n) is 3.18. The standard InChI is InChI=1S/C16H13ClN2O5S/c1-11-5-7-14(19(21)22)10-15(11)25(23,24)18-16(20)8-6-12-3-2-4-13(17)9-12/h2-10H,1H3,(H,18,20)/b8-6+. The number of sulfonamides is 1. The van der Waals surface area contributed by atoms with Gasteiger partial charge in [0.2, 0.25) is 0 Å². The number of nitro benzene ring substituents is 1. The Labute approximate surface area is 149 Å². The lowest BCUT2D eigenvalue weighted by atomic mass is 10.2. The van der Waals surface area contributed by atoms with Crippen LogP contribution >= 0.6 is 11.6 Å². The highest BCUT2D eigenvalue weighted by Gasteiger charge is 2.21. The molecule has 0 radical (unpaired) electrons. The molecule has 7 nitrogen and oxygen atoms in total. The predicted molar refractivity (Wildman–Crippen MR) is 93.6 cm³/mol. The van der Waals surface area contributed by atoms with Crippen LogP contribution in [0, 0.1) is 17.0 Å². The number of carbonyl (C=O) groups excluding carboxylic acids is 1. The fourth-order valence-electron chi connectivity index (χ4n) is 2.00. The minimum Gasteiger partial charge on any atom is -0.269 e. The minimum absolute atomic E-state index is 0.282. The molecule has 0 unspecified atom stereocenters. The summed E-state index contributed by atoms with van der Waals surface area (Å²) in [6.45, 7) is 1.48. The molecule has 0 atom stereocenters. The van der Waals surface area contributed by atoms with Crippen LogP contribution in [0.4, 0.5) is 5.69 Å². The largest absolute Gasteiger partial charge is 0.270 e. The zero-order valence-corrected chi connectivity index (χ0v) is 14.5. The fraction of sp³-hybridized carbons (Fsp3) is 0.0625. The summed E-state index contributed by atoms with van der Waals surface area (Å²) in [5.74, 6) is -0.883. The summed E-state index contributed by atoms with van der Waals surface area (Å²) in [6.07, 6.45) is 2.44. The lowest BCUT2D eigenvalue weighted by Gasteiger charge is -2.07. The Morgan fingerprint density at radius 1 is 1.24 bits per heavy atom. The van der Waals surface area contributed by atoms with Gasteiger partial charge >= 0.3 is 0 Å². The second-order valence-corrected chi connectivity index (χ2v) is 7.15. The van der Waals surface area contributed by atoms with Crippen LogP contribution in [0.5, 0.6) is 0 Å². The van der Waals surface area contributed by atoms with Crippen LogP contribution in [0.15, 0.2) is 53.4 Å². The monoisotopic (exact) mass is 380 g/mol. The molecule has 25 heavy (non-hydrogen) atoms. The summed E-state index contributed by atoms with van der Waals surface area (Å²) < 4.78 is 26.4. The van der Waals surface area contributed by atoms with Crippen molar-refractivity contribution in [1.29, 1.82) is 0 Å². The molecule has 0 saturated heterocycles. The van der Waals surface area contributed by atoms with E-state index in [1.807, 2.05) is 4.72 Å². The summed E-state index contributed by atoms with van der Waals surface area (Å²) in [5, 5.41) is 11.3. The predicted octanol–water partition coefficient (Wildman–Crippen LogP) is 3.07. The summed E-state index contributed by atoms with van der Waals surface area (Å²) in [6, 6.07) is 10.0. The number of benzene rings is 2. The number of amides is 1. The van der Waals surface area contributed by atoms with Gasteiger partial charge < -0.3 is 0 Å². The van der Waals surface area contributed by atoms with Gasteiger partial charge in [-0.25, -0.2) is 13.1 Å². The molecule has 130 valence electrons. The van der Waals surface area contributed by atoms with Crippen molar-refractivity contribution in [3.8, 4) is 0 Å². The van der Waals surface area contributed by atoms with Crippen molar-refractivity contribution in [3.05, 3.63) is 74.8 Å². The zero-order chi connectivity index (χ0) is 18.6. The zero-order valence-electron chi connectivity index (χ0n) is 13.0. The van der Waals surface area contributed by atoms with Gasteiger partial charge in [-0.15, -0.1) is 0 Å². The molecular formula is C16H13ClN2O5S. The number of hydrogen-bond donors (Lipinski definition) is 1. The van der Waals surface area contributed by atoms with E-state index in [9.17, 15) is 23.3 Å². The molecule has 0 aliphatic rings. The lowest BCUT2D eigenvalue weighted by Crippen LogP contribution is -2.29. The third-order valence-corrected chi connectivity index (χ3v) is 4.91. The molecule has 9 heteroatoms. The highest BCUT2D eigenvalue weighted by molar-refractivity contribution is 7.90. The number of nitrogens with one attached hydrogen (secondary N) is 1. The Morgan fingerprint density at radius 3 is 2.60 bits per heavy atom. The van der Waals surface area contributed by atoms with Crippen molar-refractivity contribution in [2.24, 2.45) is 0 Å². The second-order valence-electron chi connectivity index (χ2n) is 5.06. The smallest absolute Gasteiger partial charge is 0.269 e. The van der Waals surface area contributed by atoms with E-state index in [2.05, 4.69) is 0 Å². The van der Waals surface area contributed by atoms with Gasteiger partial charge in [0.05, 0.1) is 9.82 Å². The molecule has 1 N–H and O–H groups in total. The second kappa shape index (κ2) is 7.45. The number of rotatable bonds is 5. The Morgan fingerprint density at radius 2 is 1.96 bits per heavy atom. The van der Waals surface area contributed by atoms with E-state index in [0.29, 0.717) is 10.6 Å². The van der Waals surface area contributed by atoms with Crippen LogP contribution < -0.4 is 4.72 Å². The summed E-state index contributed by atoms with van der Waals surface area (Å²) in [7, 11) is -4.24. The van der Waals surface area contributed by atoms with Gasteiger partial charge in [-0.1, -0.05) is 29.8 Å². The van der Waals surface area contributed by atoms with Crippen LogP contribution in [-0.4, -0.2) is 19.2 Å². The van der Waals surface area contributed by atoms with Crippen molar-refractivity contribution in [2.75, 3.05) is 0 Å². The van der Waals surface area contributed by atoms with Crippen LogP contribution in [-0.2, 0) is 14.8 Å². The number of halogens is 1. The molecule has 0 aromatic heterocycles. The van der Waals surface area contributed by atoms with E-state index in [4.69, 9.17) is 11.6 Å². The van der Waals surface area contributed by atoms with E-state index in [1.54, 1.807) is 24.3 Å². The normalized spacial score (nSPS) is 11.4. The molecule has 2 aromatic carbocycles. The van der Waals surface area contributed by atoms with Gasteiger partial charge in [0, 0.05) is 23.2 Å². The number of nitro groups is 1. The number of carbonyl (C=O) groups is 1. The van der Waals surface area contributed by atoms with E-state index >= 15 is 0 Å². The molecule has 2 rings (SSSR count). The fourth-order valence-corrected chi connectivity index (χ4v) is 3.40. The van der Waals surface area contributed by atoms with Crippen LogP contribution in [0.2, 0.25) is 5.02 Å². The summed E-state index contributed by atoms with van der Waals surface area (Å²) in [5.41, 5.74) is 0.518. The first kappa shape index (κ1) is 18.6. The van der Waals surface area contributed by atoms with Crippen molar-refractivity contribution < 1.29 is 18.1 Å². The maximum Gasteiger partial charge on any atom is 0.270 e. The van der Waals surface area contributed by atoms with Gasteiger partial charge in [-0.05, 0) is 36.3 Å². The number of non-ortho nitro benzene ring substituents is 1. The molecule has 0 saturated carbocycles. The quantitative estimate of drug-likeness (QED) is 0.487. The Balaban J connectivity index is 2.22. The van der Waals surface area contributed by atoms with Crippen LogP contribution in [0.25, 0.3) is 6.08 Å². The number of aryl methyl sites for hydroxylation is 1. The van der Waals surface area contributed by atoms with Gasteiger partial charge in [0.1, 0.15) is 0 Å². The number of hydrogen-bond acceptors (Lipinski definition) is 5. The first-order valence-electron chi connectivity index (χ1n) is 6.94. The average Bonchev–Trinajstić information content (AvgIpc) is 2.52. The molecular weight excluding hydrogens is 368 g/mol. The molecule has 1 amide bonds. The molecule has 0 spiro atoms. The highest BCUT2D eigenvalue weighted by Crippen LogP contribution is 2.21. The van der Waals surface area contributed by atoms with Crippen molar-refractivity contribution in [3.63, 3.8) is 0 Å². The molecule has 0 heterocycles. The molecule has 0 bridgehead atoms. The lowest BCUT2D eigenvalue weighted by molar-refractivity contribution is -0.385. The first-order chi connectivity index (χ1) is 11.7. The van der Waals surface area contributed by atoms with Crippen molar-refractivity contribution in [2.45, 2.75) is 11.8 Å². The van der Waals surface area contributed by atoms with Gasteiger partial charge in [-0.2, -0.15) is 0 Å². The Kier molecular flexibility index (Phi) is 5.55. The van der Waals surface area contributed by atoms with E-state index in [0.717, 1.165) is 12.1 Å². The minimum atomic E-state index is -4.24. The van der Waals surface area contributed by atoms with Crippen LogP contribution in [0.1, 0.15) is 11.1 Å². The third kappa shape index (κ3) is 4.88. The molecule has 0 fully saturated rings. The number of nitrogens with zero attached hydrogens (tertiary/aromatic N) is 1. The van der Waals surface area contributed by atoms with Gasteiger partial charge in [-0.3, -0.25) is 14.9 Å². The molecule has 0 aliphatic heterocycles. The highest BCUT2D eigenvalue weighted by atomic mass is 35.5. The molecule has 2 aromatic rings. The van der Waals surface area contributed by atoms with E-state index in [-0.39, 0.29) is 16.1 Å². The van der Waals surface area contributed by atoms with Crippen molar-refractivity contribution >= 4 is 39.3 Å².